The molecule has 0 unspecified atom stereocenters. The highest BCUT2D eigenvalue weighted by molar-refractivity contribution is 6.10. The van der Waals surface area contributed by atoms with Crippen LogP contribution in [0.2, 0.25) is 0 Å². The molecule has 0 spiro atoms. The lowest BCUT2D eigenvalue weighted by molar-refractivity contribution is 0.664. The van der Waals surface area contributed by atoms with Gasteiger partial charge in [-0.25, -0.2) is 9.97 Å². The number of aromatic nitrogens is 3. The van der Waals surface area contributed by atoms with Crippen molar-refractivity contribution < 1.29 is 0 Å². The Morgan fingerprint density at radius 3 is 2.00 bits per heavy atom. The molecule has 0 fully saturated rings. The summed E-state index contributed by atoms with van der Waals surface area (Å²) in [7, 11) is 0. The van der Waals surface area contributed by atoms with E-state index in [1.165, 1.54) is 44.1 Å². The average molecular weight is 640 g/mol. The van der Waals surface area contributed by atoms with Crippen molar-refractivity contribution in [2.75, 3.05) is 0 Å². The van der Waals surface area contributed by atoms with Crippen molar-refractivity contribution in [3.8, 4) is 50.6 Å². The number of fused-ring (bicyclic) bond motifs is 8. The third-order valence-electron chi connectivity index (χ3n) is 10.6. The molecule has 50 heavy (non-hydrogen) atoms. The first kappa shape index (κ1) is 28.7. The Hall–Kier alpha value is -6.32. The van der Waals surface area contributed by atoms with Crippen LogP contribution in [0.5, 0.6) is 0 Å². The Labute approximate surface area is 291 Å². The molecule has 3 nitrogen and oxygen atoms in total. The second kappa shape index (κ2) is 10.8. The molecule has 236 valence electrons. The van der Waals surface area contributed by atoms with E-state index in [2.05, 4.69) is 182 Å². The van der Waals surface area contributed by atoms with Crippen LogP contribution < -0.4 is 0 Å². The Morgan fingerprint density at radius 2 is 1.14 bits per heavy atom. The smallest absolute Gasteiger partial charge is 0.160 e. The van der Waals surface area contributed by atoms with Gasteiger partial charge in [-0.2, -0.15) is 0 Å². The van der Waals surface area contributed by atoms with Crippen molar-refractivity contribution in [1.82, 2.24) is 14.5 Å². The minimum Gasteiger partial charge on any atom is -0.309 e. The maximum atomic E-state index is 5.43. The van der Waals surface area contributed by atoms with Gasteiger partial charge in [0.15, 0.2) is 5.82 Å². The van der Waals surface area contributed by atoms with E-state index in [4.69, 9.17) is 9.97 Å². The van der Waals surface area contributed by atoms with Crippen molar-refractivity contribution in [2.45, 2.75) is 19.3 Å². The van der Waals surface area contributed by atoms with Crippen molar-refractivity contribution in [3.05, 3.63) is 175 Å². The second-order valence-electron chi connectivity index (χ2n) is 13.8. The van der Waals surface area contributed by atoms with Gasteiger partial charge in [-0.1, -0.05) is 135 Å². The maximum absolute atomic E-state index is 5.43. The minimum absolute atomic E-state index is 0.193. The van der Waals surface area contributed by atoms with Gasteiger partial charge < -0.3 is 4.57 Å². The molecule has 0 bridgehead atoms. The summed E-state index contributed by atoms with van der Waals surface area (Å²) in [6, 6.07) is 58.6. The molecule has 0 saturated carbocycles. The monoisotopic (exact) mass is 639 g/mol. The Bertz CT molecular complexity index is 2770. The zero-order valence-electron chi connectivity index (χ0n) is 27.9. The molecule has 7 aromatic carbocycles. The summed E-state index contributed by atoms with van der Waals surface area (Å²) in [5.41, 5.74) is 14.9. The molecular weight excluding hydrogens is 607 g/mol. The van der Waals surface area contributed by atoms with Crippen LogP contribution in [0.1, 0.15) is 25.0 Å². The average Bonchev–Trinajstić information content (AvgIpc) is 3.63. The van der Waals surface area contributed by atoms with Gasteiger partial charge in [-0.05, 0) is 75.8 Å². The first-order chi connectivity index (χ1) is 24.6. The molecule has 0 radical (unpaired) electrons. The third kappa shape index (κ3) is 4.23. The Balaban J connectivity index is 1.17. The number of para-hydroxylation sites is 2. The molecule has 1 aliphatic carbocycles. The van der Waals surface area contributed by atoms with Crippen molar-refractivity contribution in [1.29, 1.82) is 0 Å². The van der Waals surface area contributed by atoms with E-state index < -0.39 is 0 Å². The predicted octanol–water partition coefficient (Wildman–Crippen LogP) is 12.0. The summed E-state index contributed by atoms with van der Waals surface area (Å²) >= 11 is 0. The molecule has 0 atom stereocenters. The van der Waals surface area contributed by atoms with Gasteiger partial charge in [0, 0.05) is 38.4 Å². The first-order valence-electron chi connectivity index (χ1n) is 17.3. The van der Waals surface area contributed by atoms with Crippen LogP contribution in [0, 0.1) is 0 Å². The van der Waals surface area contributed by atoms with E-state index in [-0.39, 0.29) is 5.41 Å². The van der Waals surface area contributed by atoms with Gasteiger partial charge in [0.1, 0.15) is 0 Å². The summed E-state index contributed by atoms with van der Waals surface area (Å²) in [5.74, 6) is 0.736. The summed E-state index contributed by atoms with van der Waals surface area (Å²) in [6.07, 6.45) is 0. The summed E-state index contributed by atoms with van der Waals surface area (Å²) in [4.78, 5) is 10.7. The van der Waals surface area contributed by atoms with Gasteiger partial charge in [0.25, 0.3) is 0 Å². The van der Waals surface area contributed by atoms with Crippen LogP contribution in [0.3, 0.4) is 0 Å². The highest BCUT2D eigenvalue weighted by Crippen LogP contribution is 2.51. The fourth-order valence-electron chi connectivity index (χ4n) is 8.24. The molecular formula is C47H33N3. The number of nitrogens with zero attached hydrogens (tertiary/aromatic N) is 3. The summed E-state index contributed by atoms with van der Waals surface area (Å²) < 4.78 is 2.36. The molecule has 2 heterocycles. The molecule has 0 aliphatic heterocycles. The number of hydrogen-bond donors (Lipinski definition) is 0. The van der Waals surface area contributed by atoms with E-state index in [1.54, 1.807) is 0 Å². The predicted molar refractivity (Wildman–Crippen MR) is 208 cm³/mol. The molecule has 1 aliphatic rings. The van der Waals surface area contributed by atoms with E-state index in [0.717, 1.165) is 50.4 Å². The summed E-state index contributed by atoms with van der Waals surface area (Å²) in [5, 5.41) is 3.56. The zero-order valence-corrected chi connectivity index (χ0v) is 27.9. The van der Waals surface area contributed by atoms with Gasteiger partial charge >= 0.3 is 0 Å². The number of hydrogen-bond acceptors (Lipinski definition) is 2. The molecule has 0 amide bonds. The van der Waals surface area contributed by atoms with Gasteiger partial charge in [-0.15, -0.1) is 0 Å². The highest BCUT2D eigenvalue weighted by Gasteiger charge is 2.37. The molecule has 0 saturated heterocycles. The van der Waals surface area contributed by atoms with Crippen molar-refractivity contribution in [3.63, 3.8) is 0 Å². The van der Waals surface area contributed by atoms with Crippen LogP contribution >= 0.6 is 0 Å². The standard InChI is InChI=1S/C47H33N3/c1-47(2)40-22-11-9-20-35(40)37-25-26-38-44(30-14-5-3-6-15-30)48-46(49-45(38)43(37)47)33-17-13-16-31(28-33)32-24-27-42-39(29-32)36-21-10-12-23-41(36)50(42)34-18-7-4-8-19-34/h3-29H,1-2H3. The Kier molecular flexibility index (Phi) is 6.22. The largest absolute Gasteiger partial charge is 0.309 e. The number of benzene rings is 7. The lowest BCUT2D eigenvalue weighted by Gasteiger charge is -2.23. The first-order valence-corrected chi connectivity index (χ1v) is 17.3. The van der Waals surface area contributed by atoms with Crippen LogP contribution in [0.4, 0.5) is 0 Å². The highest BCUT2D eigenvalue weighted by atomic mass is 15.0. The van der Waals surface area contributed by atoms with Crippen LogP contribution in [-0.2, 0) is 5.41 Å². The summed E-state index contributed by atoms with van der Waals surface area (Å²) in [6.45, 7) is 4.65. The quantitative estimate of drug-likeness (QED) is 0.192. The van der Waals surface area contributed by atoms with Crippen LogP contribution in [0.15, 0.2) is 164 Å². The molecule has 0 N–H and O–H groups in total. The second-order valence-corrected chi connectivity index (χ2v) is 13.8. The molecule has 3 heteroatoms. The SMILES string of the molecule is CC1(C)c2ccccc2-c2ccc3c(-c4ccccc4)nc(-c4cccc(-c5ccc6c(c5)c5ccccc5n6-c5ccccc5)c4)nc3c21. The molecule has 10 rings (SSSR count). The molecule has 2 aromatic heterocycles. The van der Waals surface area contributed by atoms with E-state index in [0.29, 0.717) is 0 Å². The van der Waals surface area contributed by atoms with Gasteiger partial charge in [-0.3, -0.25) is 0 Å². The van der Waals surface area contributed by atoms with Crippen LogP contribution in [0.25, 0.3) is 83.3 Å². The normalized spacial score (nSPS) is 13.2. The Morgan fingerprint density at radius 1 is 0.460 bits per heavy atom. The van der Waals surface area contributed by atoms with Gasteiger partial charge in [0.2, 0.25) is 0 Å². The third-order valence-corrected chi connectivity index (χ3v) is 10.6. The van der Waals surface area contributed by atoms with Gasteiger partial charge in [0.05, 0.1) is 22.2 Å². The van der Waals surface area contributed by atoms with E-state index in [9.17, 15) is 0 Å². The van der Waals surface area contributed by atoms with E-state index in [1.807, 2.05) is 0 Å². The fourth-order valence-corrected chi connectivity index (χ4v) is 8.24. The lowest BCUT2D eigenvalue weighted by atomic mass is 9.81. The zero-order chi connectivity index (χ0) is 33.4. The lowest BCUT2D eigenvalue weighted by Crippen LogP contribution is -2.16. The van der Waals surface area contributed by atoms with Crippen molar-refractivity contribution >= 4 is 32.7 Å². The maximum Gasteiger partial charge on any atom is 0.160 e. The topological polar surface area (TPSA) is 30.7 Å². The minimum atomic E-state index is -0.193. The van der Waals surface area contributed by atoms with E-state index >= 15 is 0 Å². The molecule has 9 aromatic rings. The van der Waals surface area contributed by atoms with Crippen molar-refractivity contribution in [2.24, 2.45) is 0 Å². The van der Waals surface area contributed by atoms with Crippen LogP contribution in [-0.4, -0.2) is 14.5 Å². The number of rotatable bonds is 4. The fraction of sp³-hybridized carbons (Fsp3) is 0.0638.